The second-order valence-electron chi connectivity index (χ2n) is 5.04. The summed E-state index contributed by atoms with van der Waals surface area (Å²) in [5.41, 5.74) is 1.70. The Labute approximate surface area is 101 Å². The zero-order valence-corrected chi connectivity index (χ0v) is 10.3. The third-order valence-electron chi connectivity index (χ3n) is 4.17. The van der Waals surface area contributed by atoms with E-state index in [0.29, 0.717) is 12.0 Å². The van der Waals surface area contributed by atoms with Crippen LogP contribution in [-0.2, 0) is 7.05 Å². The lowest BCUT2D eigenvalue weighted by molar-refractivity contribution is 0.0736. The first-order valence-electron chi connectivity index (χ1n) is 6.19. The van der Waals surface area contributed by atoms with Crippen LogP contribution in [0, 0.1) is 12.8 Å². The molecule has 2 aliphatic rings. The third kappa shape index (κ3) is 1.57. The van der Waals surface area contributed by atoms with E-state index in [1.54, 1.807) is 10.9 Å². The topological polar surface area (TPSA) is 50.2 Å². The van der Waals surface area contributed by atoms with Crippen molar-refractivity contribution in [3.63, 3.8) is 0 Å². The number of aryl methyl sites for hydroxylation is 1. The summed E-state index contributed by atoms with van der Waals surface area (Å²) < 4.78 is 1.76. The highest BCUT2D eigenvalue weighted by Gasteiger charge is 2.40. The summed E-state index contributed by atoms with van der Waals surface area (Å²) in [6.45, 7) is 4.83. The van der Waals surface area contributed by atoms with Crippen LogP contribution in [0.1, 0.15) is 22.5 Å². The van der Waals surface area contributed by atoms with Gasteiger partial charge in [0.2, 0.25) is 0 Å². The van der Waals surface area contributed by atoms with Crippen LogP contribution in [-0.4, -0.2) is 46.3 Å². The molecule has 0 unspecified atom stereocenters. The molecule has 0 bridgehead atoms. The van der Waals surface area contributed by atoms with Crippen molar-refractivity contribution in [2.24, 2.45) is 13.0 Å². The van der Waals surface area contributed by atoms with E-state index in [1.165, 1.54) is 0 Å². The average Bonchev–Trinajstić information content (AvgIpc) is 2.95. The van der Waals surface area contributed by atoms with E-state index in [4.69, 9.17) is 0 Å². The molecule has 0 spiro atoms. The van der Waals surface area contributed by atoms with Gasteiger partial charge in [-0.25, -0.2) is 0 Å². The number of fused-ring (bicyclic) bond motifs is 1. The zero-order valence-electron chi connectivity index (χ0n) is 10.3. The minimum Gasteiger partial charge on any atom is -0.334 e. The summed E-state index contributed by atoms with van der Waals surface area (Å²) >= 11 is 0. The molecule has 2 saturated heterocycles. The molecular weight excluding hydrogens is 216 g/mol. The van der Waals surface area contributed by atoms with Crippen molar-refractivity contribution in [1.29, 1.82) is 0 Å². The largest absolute Gasteiger partial charge is 0.334 e. The van der Waals surface area contributed by atoms with Crippen LogP contribution in [0.3, 0.4) is 0 Å². The minimum atomic E-state index is 0.145. The number of nitrogens with one attached hydrogen (secondary N) is 1. The van der Waals surface area contributed by atoms with Gasteiger partial charge < -0.3 is 10.2 Å². The number of amides is 1. The Morgan fingerprint density at radius 3 is 3.06 bits per heavy atom. The molecule has 1 aromatic heterocycles. The number of rotatable bonds is 1. The number of nitrogens with zero attached hydrogens (tertiary/aromatic N) is 3. The van der Waals surface area contributed by atoms with E-state index in [0.717, 1.165) is 37.3 Å². The maximum Gasteiger partial charge on any atom is 0.257 e. The molecule has 92 valence electrons. The predicted octanol–water partition coefficient (Wildman–Crippen LogP) is 0.162. The molecule has 1 amide bonds. The first-order chi connectivity index (χ1) is 8.18. The molecule has 3 rings (SSSR count). The number of hydrogen-bond donors (Lipinski definition) is 1. The third-order valence-corrected chi connectivity index (χ3v) is 4.17. The quantitative estimate of drug-likeness (QED) is 0.753. The number of carbonyl (C=O) groups excluding carboxylic acids is 1. The van der Waals surface area contributed by atoms with Crippen molar-refractivity contribution in [2.45, 2.75) is 19.4 Å². The van der Waals surface area contributed by atoms with Gasteiger partial charge >= 0.3 is 0 Å². The maximum atomic E-state index is 12.5. The fraction of sp³-hybridized carbons (Fsp3) is 0.667. The van der Waals surface area contributed by atoms with Crippen LogP contribution < -0.4 is 5.32 Å². The van der Waals surface area contributed by atoms with Crippen LogP contribution in [0.5, 0.6) is 0 Å². The number of carbonyl (C=O) groups is 1. The molecule has 0 aliphatic carbocycles. The lowest BCUT2D eigenvalue weighted by Crippen LogP contribution is -2.39. The van der Waals surface area contributed by atoms with Crippen molar-refractivity contribution in [3.05, 3.63) is 17.5 Å². The van der Waals surface area contributed by atoms with Crippen LogP contribution in [0.25, 0.3) is 0 Å². The standard InChI is InChI=1S/C12H18N4O/c1-8-10(6-14-15(8)2)12(17)16-4-3-9-5-13-7-11(9)16/h6,9,11,13H,3-5,7H2,1-2H3/t9-,11+/m1/s1. The van der Waals surface area contributed by atoms with Gasteiger partial charge in [0.1, 0.15) is 0 Å². The Bertz CT molecular complexity index is 453. The predicted molar refractivity (Wildman–Crippen MR) is 63.7 cm³/mol. The van der Waals surface area contributed by atoms with Gasteiger partial charge in [0.05, 0.1) is 11.8 Å². The summed E-state index contributed by atoms with van der Waals surface area (Å²) in [4.78, 5) is 14.5. The highest BCUT2D eigenvalue weighted by atomic mass is 16.2. The monoisotopic (exact) mass is 234 g/mol. The van der Waals surface area contributed by atoms with E-state index in [1.807, 2.05) is 18.9 Å². The van der Waals surface area contributed by atoms with Gasteiger partial charge in [-0.2, -0.15) is 5.10 Å². The van der Waals surface area contributed by atoms with E-state index in [2.05, 4.69) is 10.4 Å². The smallest absolute Gasteiger partial charge is 0.257 e. The van der Waals surface area contributed by atoms with Gasteiger partial charge in [-0.3, -0.25) is 9.48 Å². The molecule has 17 heavy (non-hydrogen) atoms. The molecule has 1 aromatic rings. The first kappa shape index (κ1) is 10.8. The van der Waals surface area contributed by atoms with Crippen LogP contribution in [0.15, 0.2) is 6.20 Å². The van der Waals surface area contributed by atoms with Gasteiger partial charge in [-0.05, 0) is 19.3 Å². The van der Waals surface area contributed by atoms with Crippen molar-refractivity contribution in [3.8, 4) is 0 Å². The number of likely N-dealkylation sites (tertiary alicyclic amines) is 1. The fourth-order valence-corrected chi connectivity index (χ4v) is 2.96. The lowest BCUT2D eigenvalue weighted by Gasteiger charge is -2.23. The summed E-state index contributed by atoms with van der Waals surface area (Å²) in [7, 11) is 1.87. The van der Waals surface area contributed by atoms with Crippen LogP contribution in [0.4, 0.5) is 0 Å². The van der Waals surface area contributed by atoms with Crippen LogP contribution >= 0.6 is 0 Å². The van der Waals surface area contributed by atoms with Crippen molar-refractivity contribution < 1.29 is 4.79 Å². The van der Waals surface area contributed by atoms with Gasteiger partial charge in [0.15, 0.2) is 0 Å². The summed E-state index contributed by atoms with van der Waals surface area (Å²) in [6.07, 6.45) is 2.82. The normalized spacial score (nSPS) is 27.5. The summed E-state index contributed by atoms with van der Waals surface area (Å²) in [5.74, 6) is 0.794. The Balaban J connectivity index is 1.85. The Morgan fingerprint density at radius 2 is 2.35 bits per heavy atom. The molecule has 0 saturated carbocycles. The second-order valence-corrected chi connectivity index (χ2v) is 5.04. The van der Waals surface area contributed by atoms with E-state index >= 15 is 0 Å². The molecule has 2 atom stereocenters. The van der Waals surface area contributed by atoms with Crippen LogP contribution in [0.2, 0.25) is 0 Å². The van der Waals surface area contributed by atoms with Gasteiger partial charge in [0.25, 0.3) is 5.91 Å². The SMILES string of the molecule is Cc1c(C(=O)N2CC[C@@H]3CNC[C@@H]32)cnn1C. The van der Waals surface area contributed by atoms with Crippen molar-refractivity contribution in [1.82, 2.24) is 20.0 Å². The highest BCUT2D eigenvalue weighted by Crippen LogP contribution is 2.28. The van der Waals surface area contributed by atoms with Gasteiger partial charge in [0, 0.05) is 38.4 Å². The molecule has 1 N–H and O–H groups in total. The second kappa shape index (κ2) is 3.84. The number of hydrogen-bond acceptors (Lipinski definition) is 3. The van der Waals surface area contributed by atoms with Gasteiger partial charge in [-0.1, -0.05) is 0 Å². The van der Waals surface area contributed by atoms with Crippen molar-refractivity contribution >= 4 is 5.91 Å². The average molecular weight is 234 g/mol. The number of aromatic nitrogens is 2. The molecular formula is C12H18N4O. The van der Waals surface area contributed by atoms with Gasteiger partial charge in [-0.15, -0.1) is 0 Å². The zero-order chi connectivity index (χ0) is 12.0. The van der Waals surface area contributed by atoms with E-state index in [-0.39, 0.29) is 5.91 Å². The summed E-state index contributed by atoms with van der Waals surface area (Å²) in [6, 6.07) is 0.391. The molecule has 2 aliphatic heterocycles. The van der Waals surface area contributed by atoms with Crippen molar-refractivity contribution in [2.75, 3.05) is 19.6 Å². The first-order valence-corrected chi connectivity index (χ1v) is 6.19. The molecule has 0 aromatic carbocycles. The highest BCUT2D eigenvalue weighted by molar-refractivity contribution is 5.95. The molecule has 3 heterocycles. The molecule has 0 radical (unpaired) electrons. The Hall–Kier alpha value is -1.36. The van der Waals surface area contributed by atoms with E-state index in [9.17, 15) is 4.79 Å². The Morgan fingerprint density at radius 1 is 1.53 bits per heavy atom. The molecule has 5 heteroatoms. The Kier molecular flexibility index (Phi) is 2.43. The molecule has 2 fully saturated rings. The van der Waals surface area contributed by atoms with E-state index < -0.39 is 0 Å². The summed E-state index contributed by atoms with van der Waals surface area (Å²) in [5, 5.41) is 7.51. The molecule has 5 nitrogen and oxygen atoms in total. The minimum absolute atomic E-state index is 0.145. The lowest BCUT2D eigenvalue weighted by atomic mass is 10.0. The maximum absolute atomic E-state index is 12.5. The fourth-order valence-electron chi connectivity index (χ4n) is 2.96.